The van der Waals surface area contributed by atoms with E-state index in [-0.39, 0.29) is 11.8 Å². The third-order valence-electron chi connectivity index (χ3n) is 4.91. The smallest absolute Gasteiger partial charge is 0.307 e. The number of aliphatic carboxylic acids is 1. The van der Waals surface area contributed by atoms with E-state index in [4.69, 9.17) is 0 Å². The van der Waals surface area contributed by atoms with Crippen LogP contribution in [0.25, 0.3) is 0 Å². The van der Waals surface area contributed by atoms with Gasteiger partial charge in [0.15, 0.2) is 0 Å². The van der Waals surface area contributed by atoms with Gasteiger partial charge in [0.05, 0.1) is 11.8 Å². The number of nitrogens with zero attached hydrogens (tertiary/aromatic N) is 2. The minimum absolute atomic E-state index is 0.0799. The molecule has 1 heterocycles. The Hall–Kier alpha value is -1.14. The average Bonchev–Trinajstić information content (AvgIpc) is 2.47. The molecule has 3 atom stereocenters. The number of hydrogen-bond acceptors (Lipinski definition) is 4. The number of piperazine rings is 1. The van der Waals surface area contributed by atoms with Gasteiger partial charge in [-0.1, -0.05) is 12.8 Å². The van der Waals surface area contributed by atoms with Crippen molar-refractivity contribution in [1.82, 2.24) is 15.1 Å². The molecule has 1 aliphatic heterocycles. The maximum atomic E-state index is 12.3. The van der Waals surface area contributed by atoms with Crippen molar-refractivity contribution in [3.8, 4) is 0 Å². The lowest BCUT2D eigenvalue weighted by molar-refractivity contribution is -0.149. The molecule has 0 spiro atoms. The van der Waals surface area contributed by atoms with Crippen molar-refractivity contribution in [1.29, 1.82) is 0 Å². The first kappa shape index (κ1) is 16.2. The second-order valence-corrected chi connectivity index (χ2v) is 6.48. The van der Waals surface area contributed by atoms with E-state index in [0.29, 0.717) is 25.4 Å². The van der Waals surface area contributed by atoms with E-state index in [1.807, 2.05) is 0 Å². The molecule has 1 aliphatic carbocycles. The highest BCUT2D eigenvalue weighted by molar-refractivity contribution is 5.84. The van der Waals surface area contributed by atoms with Crippen LogP contribution in [0.15, 0.2) is 0 Å². The minimum atomic E-state index is -0.829. The number of carboxylic acids is 1. The number of carboxylic acid groups (broad SMARTS) is 1. The minimum Gasteiger partial charge on any atom is -0.481 e. The van der Waals surface area contributed by atoms with Crippen LogP contribution in [-0.4, -0.2) is 73.1 Å². The first-order valence-corrected chi connectivity index (χ1v) is 7.88. The van der Waals surface area contributed by atoms with Crippen LogP contribution in [0, 0.1) is 11.8 Å². The molecule has 1 saturated heterocycles. The van der Waals surface area contributed by atoms with Crippen LogP contribution < -0.4 is 5.32 Å². The number of rotatable bonds is 4. The zero-order valence-corrected chi connectivity index (χ0v) is 13.0. The summed E-state index contributed by atoms with van der Waals surface area (Å²) in [5.74, 6) is -1.78. The van der Waals surface area contributed by atoms with Gasteiger partial charge in [-0.05, 0) is 26.9 Å². The summed E-state index contributed by atoms with van der Waals surface area (Å²) >= 11 is 0. The zero-order valence-electron chi connectivity index (χ0n) is 13.0. The average molecular weight is 297 g/mol. The van der Waals surface area contributed by atoms with Crippen LogP contribution in [0.2, 0.25) is 0 Å². The highest BCUT2D eigenvalue weighted by atomic mass is 16.4. The van der Waals surface area contributed by atoms with Crippen LogP contribution >= 0.6 is 0 Å². The second kappa shape index (κ2) is 7.22. The summed E-state index contributed by atoms with van der Waals surface area (Å²) < 4.78 is 0. The van der Waals surface area contributed by atoms with Crippen molar-refractivity contribution < 1.29 is 14.7 Å². The van der Waals surface area contributed by atoms with Gasteiger partial charge in [-0.25, -0.2) is 0 Å². The van der Waals surface area contributed by atoms with Gasteiger partial charge in [0, 0.05) is 32.2 Å². The molecule has 2 N–H and O–H groups in total. The van der Waals surface area contributed by atoms with E-state index in [1.54, 1.807) is 0 Å². The van der Waals surface area contributed by atoms with Gasteiger partial charge in [-0.15, -0.1) is 0 Å². The molecule has 1 saturated carbocycles. The lowest BCUT2D eigenvalue weighted by Crippen LogP contribution is -2.55. The van der Waals surface area contributed by atoms with E-state index >= 15 is 0 Å². The molecule has 21 heavy (non-hydrogen) atoms. The van der Waals surface area contributed by atoms with Crippen LogP contribution in [0.5, 0.6) is 0 Å². The Balaban J connectivity index is 1.86. The molecule has 1 unspecified atom stereocenters. The van der Waals surface area contributed by atoms with Crippen LogP contribution in [0.4, 0.5) is 0 Å². The molecule has 0 aromatic heterocycles. The number of hydrogen-bond donors (Lipinski definition) is 2. The molecule has 0 aromatic rings. The van der Waals surface area contributed by atoms with E-state index in [0.717, 1.165) is 32.5 Å². The fraction of sp³-hybridized carbons (Fsp3) is 0.867. The molecule has 0 radical (unpaired) electrons. The van der Waals surface area contributed by atoms with Crippen molar-refractivity contribution in [2.24, 2.45) is 11.8 Å². The first-order valence-electron chi connectivity index (χ1n) is 7.88. The van der Waals surface area contributed by atoms with E-state index in [1.165, 1.54) is 0 Å². The lowest BCUT2D eigenvalue weighted by atomic mass is 9.78. The van der Waals surface area contributed by atoms with Gasteiger partial charge in [-0.2, -0.15) is 0 Å². The maximum absolute atomic E-state index is 12.3. The Morgan fingerprint density at radius 2 is 1.81 bits per heavy atom. The van der Waals surface area contributed by atoms with Crippen molar-refractivity contribution in [3.63, 3.8) is 0 Å². The van der Waals surface area contributed by atoms with Gasteiger partial charge in [0.2, 0.25) is 5.91 Å². The Labute approximate surface area is 126 Å². The molecular formula is C15H27N3O3. The van der Waals surface area contributed by atoms with Crippen LogP contribution in [-0.2, 0) is 9.59 Å². The van der Waals surface area contributed by atoms with Gasteiger partial charge in [0.1, 0.15) is 0 Å². The summed E-state index contributed by atoms with van der Waals surface area (Å²) in [6.45, 7) is 3.58. The van der Waals surface area contributed by atoms with E-state index < -0.39 is 11.9 Å². The molecule has 6 heteroatoms. The second-order valence-electron chi connectivity index (χ2n) is 6.48. The fourth-order valence-corrected chi connectivity index (χ4v) is 3.41. The number of likely N-dealkylation sites (N-methyl/N-ethyl adjacent to an activating group) is 2. The highest BCUT2D eigenvalue weighted by Gasteiger charge is 2.36. The predicted octanol–water partition coefficient (Wildman–Crippen LogP) is 0.239. The number of nitrogens with one attached hydrogen (secondary N) is 1. The van der Waals surface area contributed by atoms with Crippen molar-refractivity contribution >= 4 is 11.9 Å². The molecule has 6 nitrogen and oxygen atoms in total. The quantitative estimate of drug-likeness (QED) is 0.778. The third kappa shape index (κ3) is 4.17. The summed E-state index contributed by atoms with van der Waals surface area (Å²) in [7, 11) is 4.16. The summed E-state index contributed by atoms with van der Waals surface area (Å²) in [5.41, 5.74) is 0. The van der Waals surface area contributed by atoms with Gasteiger partial charge < -0.3 is 15.3 Å². The zero-order chi connectivity index (χ0) is 15.4. The monoisotopic (exact) mass is 297 g/mol. The molecule has 120 valence electrons. The SMILES string of the molecule is CN1CCN(C)C(CNC(=O)[C@@H]2CCCC[C@@H]2C(=O)O)C1. The van der Waals surface area contributed by atoms with Crippen LogP contribution in [0.3, 0.4) is 0 Å². The van der Waals surface area contributed by atoms with Crippen molar-refractivity contribution in [2.75, 3.05) is 40.3 Å². The van der Waals surface area contributed by atoms with Crippen molar-refractivity contribution in [3.05, 3.63) is 0 Å². The van der Waals surface area contributed by atoms with E-state index in [9.17, 15) is 14.7 Å². The highest BCUT2D eigenvalue weighted by Crippen LogP contribution is 2.30. The molecule has 0 aromatic carbocycles. The van der Waals surface area contributed by atoms with Crippen molar-refractivity contribution in [2.45, 2.75) is 31.7 Å². The Bertz CT molecular complexity index is 388. The van der Waals surface area contributed by atoms with Gasteiger partial charge in [-0.3, -0.25) is 14.5 Å². The normalized spacial score (nSPS) is 31.8. The molecular weight excluding hydrogens is 270 g/mol. The predicted molar refractivity (Wildman–Crippen MR) is 80.0 cm³/mol. The Kier molecular flexibility index (Phi) is 5.58. The fourth-order valence-electron chi connectivity index (χ4n) is 3.41. The largest absolute Gasteiger partial charge is 0.481 e. The molecule has 2 rings (SSSR count). The number of carbonyl (C=O) groups is 2. The summed E-state index contributed by atoms with van der Waals surface area (Å²) in [4.78, 5) is 28.1. The number of carbonyl (C=O) groups excluding carboxylic acids is 1. The first-order chi connectivity index (χ1) is 9.99. The Morgan fingerprint density at radius 1 is 1.14 bits per heavy atom. The standard InChI is InChI=1S/C15H27N3O3/c1-17-7-8-18(2)11(10-17)9-16-14(19)12-5-3-4-6-13(12)15(20)21/h11-13H,3-10H2,1-2H3,(H,16,19)(H,20,21)/t11?,12-,13+/m1/s1. The van der Waals surface area contributed by atoms with Gasteiger partial charge >= 0.3 is 5.97 Å². The molecule has 1 amide bonds. The third-order valence-corrected chi connectivity index (χ3v) is 4.91. The topological polar surface area (TPSA) is 72.9 Å². The summed E-state index contributed by atoms with van der Waals surface area (Å²) in [5, 5.41) is 12.2. The number of amides is 1. The van der Waals surface area contributed by atoms with Gasteiger partial charge in [0.25, 0.3) is 0 Å². The Morgan fingerprint density at radius 3 is 2.48 bits per heavy atom. The molecule has 2 fully saturated rings. The van der Waals surface area contributed by atoms with Crippen LogP contribution in [0.1, 0.15) is 25.7 Å². The molecule has 0 bridgehead atoms. The lowest BCUT2D eigenvalue weighted by Gasteiger charge is -2.38. The van der Waals surface area contributed by atoms with E-state index in [2.05, 4.69) is 29.2 Å². The summed E-state index contributed by atoms with van der Waals surface area (Å²) in [6, 6.07) is 0.305. The molecule has 2 aliphatic rings. The maximum Gasteiger partial charge on any atom is 0.307 e. The summed E-state index contributed by atoms with van der Waals surface area (Å²) in [6.07, 6.45) is 3.19.